The van der Waals surface area contributed by atoms with E-state index >= 15 is 0 Å². The van der Waals surface area contributed by atoms with Gasteiger partial charge in [-0.2, -0.15) is 0 Å². The molecule has 1 heterocycles. The molecule has 0 bridgehead atoms. The van der Waals surface area contributed by atoms with Gasteiger partial charge in [0.1, 0.15) is 0 Å². The minimum atomic E-state index is -3.64. The summed E-state index contributed by atoms with van der Waals surface area (Å²) in [4.78, 5) is 4.06. The Morgan fingerprint density at radius 3 is 2.45 bits per heavy atom. The number of hydrogen-bond acceptors (Lipinski definition) is 4. The smallest absolute Gasteiger partial charge is 0.264 e. The summed E-state index contributed by atoms with van der Waals surface area (Å²) >= 11 is 3.25. The number of aromatic nitrogens is 1. The molecule has 1 aromatic heterocycles. The minimum Gasteiger partial charge on any atom is -0.398 e. The van der Waals surface area contributed by atoms with Gasteiger partial charge in [-0.3, -0.25) is 9.29 Å². The van der Waals surface area contributed by atoms with E-state index in [4.69, 9.17) is 5.73 Å². The summed E-state index contributed by atoms with van der Waals surface area (Å²) in [5.74, 6) is 0. The lowest BCUT2D eigenvalue weighted by atomic mass is 10.3. The van der Waals surface area contributed by atoms with Gasteiger partial charge in [-0.15, -0.1) is 0 Å². The molecule has 20 heavy (non-hydrogen) atoms. The lowest BCUT2D eigenvalue weighted by Crippen LogP contribution is -2.30. The molecule has 0 spiro atoms. The topological polar surface area (TPSA) is 76.3 Å². The van der Waals surface area contributed by atoms with Crippen LogP contribution < -0.4 is 10.0 Å². The largest absolute Gasteiger partial charge is 0.398 e. The summed E-state index contributed by atoms with van der Waals surface area (Å²) in [6, 6.07) is 7.91. The first kappa shape index (κ1) is 14.8. The second kappa shape index (κ2) is 5.80. The van der Waals surface area contributed by atoms with E-state index in [1.807, 2.05) is 0 Å². The highest BCUT2D eigenvalue weighted by Crippen LogP contribution is 2.27. The minimum absolute atomic E-state index is 0.164. The molecular weight excluding hydrogens is 342 g/mol. The number of nitrogen functional groups attached to an aromatic ring is 1. The Morgan fingerprint density at radius 1 is 1.25 bits per heavy atom. The lowest BCUT2D eigenvalue weighted by Gasteiger charge is -2.22. The van der Waals surface area contributed by atoms with Crippen molar-refractivity contribution in [3.05, 3.63) is 47.2 Å². The average molecular weight is 356 g/mol. The highest BCUT2D eigenvalue weighted by molar-refractivity contribution is 9.10. The molecule has 0 saturated heterocycles. The monoisotopic (exact) mass is 355 g/mol. The van der Waals surface area contributed by atoms with Gasteiger partial charge < -0.3 is 5.73 Å². The summed E-state index contributed by atoms with van der Waals surface area (Å²) in [6.07, 6.45) is 3.12. The van der Waals surface area contributed by atoms with E-state index in [0.717, 1.165) is 0 Å². The highest BCUT2D eigenvalue weighted by atomic mass is 79.9. The molecule has 2 aromatic rings. The molecular formula is C13H14BrN3O2S. The van der Waals surface area contributed by atoms with Gasteiger partial charge in [0.2, 0.25) is 0 Å². The number of rotatable bonds is 4. The Kier molecular flexibility index (Phi) is 4.29. The molecule has 5 nitrogen and oxygen atoms in total. The predicted octanol–water partition coefficient (Wildman–Crippen LogP) is 2.64. The Bertz CT molecular complexity index is 705. The summed E-state index contributed by atoms with van der Waals surface area (Å²) in [5.41, 5.74) is 6.72. The Hall–Kier alpha value is -1.60. The molecule has 0 aliphatic rings. The maximum atomic E-state index is 12.7. The molecule has 0 unspecified atom stereocenters. The third-order valence-corrected chi connectivity index (χ3v) is 5.41. The van der Waals surface area contributed by atoms with Gasteiger partial charge in [0.15, 0.2) is 0 Å². The highest BCUT2D eigenvalue weighted by Gasteiger charge is 2.23. The first-order valence-corrected chi connectivity index (χ1v) is 8.18. The van der Waals surface area contributed by atoms with E-state index in [1.54, 1.807) is 37.5 Å². The van der Waals surface area contributed by atoms with Gasteiger partial charge in [-0.1, -0.05) is 0 Å². The third-order valence-electron chi connectivity index (χ3n) is 2.79. The van der Waals surface area contributed by atoms with Crippen molar-refractivity contribution in [2.75, 3.05) is 16.6 Å². The van der Waals surface area contributed by atoms with Crippen LogP contribution in [-0.4, -0.2) is 19.9 Å². The Morgan fingerprint density at radius 2 is 1.90 bits per heavy atom. The molecule has 7 heteroatoms. The first-order chi connectivity index (χ1) is 9.46. The zero-order valence-electron chi connectivity index (χ0n) is 10.8. The Labute approximate surface area is 126 Å². The van der Waals surface area contributed by atoms with Crippen molar-refractivity contribution in [1.29, 1.82) is 0 Å². The van der Waals surface area contributed by atoms with E-state index in [-0.39, 0.29) is 4.90 Å². The fourth-order valence-electron chi connectivity index (χ4n) is 1.81. The number of anilines is 2. The van der Waals surface area contributed by atoms with Crippen molar-refractivity contribution in [1.82, 2.24) is 4.98 Å². The number of pyridine rings is 1. The summed E-state index contributed by atoms with van der Waals surface area (Å²) in [7, 11) is -3.64. The van der Waals surface area contributed by atoms with Crippen LogP contribution in [0.1, 0.15) is 6.92 Å². The summed E-state index contributed by atoms with van der Waals surface area (Å²) in [5, 5.41) is 0. The fraction of sp³-hybridized carbons (Fsp3) is 0.154. The number of halogens is 1. The standard InChI is InChI=1S/C13H14BrN3O2S/c1-2-17(10-5-7-16-8-6-10)20(18,19)11-3-4-12(14)13(15)9-11/h3-9H,2,15H2,1H3. The molecule has 2 rings (SSSR count). The van der Waals surface area contributed by atoms with E-state index in [2.05, 4.69) is 20.9 Å². The maximum Gasteiger partial charge on any atom is 0.264 e. The first-order valence-electron chi connectivity index (χ1n) is 5.94. The molecule has 1 aromatic carbocycles. The van der Waals surface area contributed by atoms with Crippen LogP contribution in [0.25, 0.3) is 0 Å². The molecule has 0 fully saturated rings. The van der Waals surface area contributed by atoms with Gasteiger partial charge in [0, 0.05) is 29.1 Å². The van der Waals surface area contributed by atoms with Crippen molar-refractivity contribution < 1.29 is 8.42 Å². The number of sulfonamides is 1. The SMILES string of the molecule is CCN(c1ccncc1)S(=O)(=O)c1ccc(Br)c(N)c1. The van der Waals surface area contributed by atoms with Crippen molar-refractivity contribution in [3.8, 4) is 0 Å². The second-order valence-electron chi connectivity index (χ2n) is 4.06. The van der Waals surface area contributed by atoms with E-state index in [9.17, 15) is 8.42 Å². The fourth-order valence-corrected chi connectivity index (χ4v) is 3.57. The van der Waals surface area contributed by atoms with E-state index < -0.39 is 10.0 Å². The van der Waals surface area contributed by atoms with Crippen LogP contribution in [0, 0.1) is 0 Å². The van der Waals surface area contributed by atoms with Crippen molar-refractivity contribution in [2.24, 2.45) is 0 Å². The van der Waals surface area contributed by atoms with Gasteiger partial charge in [-0.25, -0.2) is 8.42 Å². The van der Waals surface area contributed by atoms with Gasteiger partial charge >= 0.3 is 0 Å². The second-order valence-corrected chi connectivity index (χ2v) is 6.78. The van der Waals surface area contributed by atoms with Crippen LogP contribution in [0.4, 0.5) is 11.4 Å². The normalized spacial score (nSPS) is 11.3. The van der Waals surface area contributed by atoms with Crippen LogP contribution in [0.2, 0.25) is 0 Å². The number of nitrogens with two attached hydrogens (primary N) is 1. The van der Waals surface area contributed by atoms with Crippen LogP contribution >= 0.6 is 15.9 Å². The molecule has 0 aliphatic carbocycles. The summed E-state index contributed by atoms with van der Waals surface area (Å²) < 4.78 is 27.3. The maximum absolute atomic E-state index is 12.7. The van der Waals surface area contributed by atoms with Crippen molar-refractivity contribution in [2.45, 2.75) is 11.8 Å². The number of benzene rings is 1. The average Bonchev–Trinajstić information content (AvgIpc) is 2.43. The van der Waals surface area contributed by atoms with Crippen molar-refractivity contribution >= 4 is 37.3 Å². The molecule has 0 saturated carbocycles. The van der Waals surface area contributed by atoms with E-state index in [0.29, 0.717) is 22.4 Å². The molecule has 106 valence electrons. The predicted molar refractivity (Wildman–Crippen MR) is 83.0 cm³/mol. The molecule has 0 radical (unpaired) electrons. The van der Waals surface area contributed by atoms with Gasteiger partial charge in [0.25, 0.3) is 10.0 Å². The van der Waals surface area contributed by atoms with Gasteiger partial charge in [-0.05, 0) is 53.2 Å². The third kappa shape index (κ3) is 2.78. The zero-order valence-corrected chi connectivity index (χ0v) is 13.2. The molecule has 0 atom stereocenters. The van der Waals surface area contributed by atoms with Gasteiger partial charge in [0.05, 0.1) is 10.6 Å². The van der Waals surface area contributed by atoms with Crippen LogP contribution in [-0.2, 0) is 10.0 Å². The van der Waals surface area contributed by atoms with Crippen LogP contribution in [0.15, 0.2) is 52.1 Å². The molecule has 0 amide bonds. The quantitative estimate of drug-likeness (QED) is 0.855. The Balaban J connectivity index is 2.50. The number of nitrogens with zero attached hydrogens (tertiary/aromatic N) is 2. The number of hydrogen-bond donors (Lipinski definition) is 1. The molecule has 2 N–H and O–H groups in total. The van der Waals surface area contributed by atoms with Crippen LogP contribution in [0.5, 0.6) is 0 Å². The summed E-state index contributed by atoms with van der Waals surface area (Å²) in [6.45, 7) is 2.10. The van der Waals surface area contributed by atoms with Crippen molar-refractivity contribution in [3.63, 3.8) is 0 Å². The zero-order chi connectivity index (χ0) is 14.8. The lowest BCUT2D eigenvalue weighted by molar-refractivity contribution is 0.592. The van der Waals surface area contributed by atoms with E-state index in [1.165, 1.54) is 16.4 Å². The molecule has 0 aliphatic heterocycles. The van der Waals surface area contributed by atoms with Crippen LogP contribution in [0.3, 0.4) is 0 Å².